The molecule has 0 radical (unpaired) electrons. The fraction of sp³-hybridized carbons (Fsp3) is 0.381. The van der Waals surface area contributed by atoms with Crippen molar-refractivity contribution in [2.75, 3.05) is 43.4 Å². The summed E-state index contributed by atoms with van der Waals surface area (Å²) >= 11 is 0. The van der Waals surface area contributed by atoms with Crippen LogP contribution in [0.5, 0.6) is 0 Å². The third kappa shape index (κ3) is 5.87. The number of nitrogens with one attached hydrogen (secondary N) is 2. The maximum absolute atomic E-state index is 12.4. The summed E-state index contributed by atoms with van der Waals surface area (Å²) in [4.78, 5) is 32.5. The van der Waals surface area contributed by atoms with Gasteiger partial charge < -0.3 is 10.6 Å². The number of nitrogens with zero attached hydrogens (tertiary/aromatic N) is 3. The second-order valence-corrected chi connectivity index (χ2v) is 7.13. The lowest BCUT2D eigenvalue weighted by Crippen LogP contribution is -2.48. The highest BCUT2D eigenvalue weighted by atomic mass is 16.2. The molecular weight excluding hydrogens is 354 g/mol. The molecule has 1 aliphatic heterocycles. The number of rotatable bonds is 6. The van der Waals surface area contributed by atoms with Gasteiger partial charge in [0.15, 0.2) is 0 Å². The van der Waals surface area contributed by atoms with Gasteiger partial charge in [-0.05, 0) is 36.8 Å². The summed E-state index contributed by atoms with van der Waals surface area (Å²) in [5.41, 5.74) is 3.68. The van der Waals surface area contributed by atoms with E-state index in [9.17, 15) is 9.59 Å². The van der Waals surface area contributed by atoms with Gasteiger partial charge in [-0.3, -0.25) is 24.4 Å². The van der Waals surface area contributed by atoms with E-state index in [1.807, 2.05) is 18.3 Å². The van der Waals surface area contributed by atoms with Crippen LogP contribution in [0, 0.1) is 6.92 Å². The first kappa shape index (κ1) is 20.0. The molecule has 0 saturated carbocycles. The number of hydrogen-bond acceptors (Lipinski definition) is 5. The first-order valence-corrected chi connectivity index (χ1v) is 9.52. The molecule has 2 heterocycles. The minimum absolute atomic E-state index is 0.0472. The molecule has 0 atom stereocenters. The summed E-state index contributed by atoms with van der Waals surface area (Å²) in [6.45, 7) is 8.30. The number of anilines is 2. The minimum Gasteiger partial charge on any atom is -0.326 e. The van der Waals surface area contributed by atoms with Crippen LogP contribution in [-0.4, -0.2) is 59.3 Å². The van der Waals surface area contributed by atoms with E-state index in [1.54, 1.807) is 18.2 Å². The molecule has 3 rings (SSSR count). The second-order valence-electron chi connectivity index (χ2n) is 7.13. The molecule has 0 aliphatic carbocycles. The number of hydrogen-bond donors (Lipinski definition) is 2. The molecule has 1 aromatic heterocycles. The maximum Gasteiger partial charge on any atom is 0.238 e. The largest absolute Gasteiger partial charge is 0.326 e. The molecule has 2 aromatic rings. The Morgan fingerprint density at radius 2 is 1.68 bits per heavy atom. The average Bonchev–Trinajstić information content (AvgIpc) is 2.65. The van der Waals surface area contributed by atoms with Gasteiger partial charge in [-0.15, -0.1) is 0 Å². The van der Waals surface area contributed by atoms with E-state index in [0.717, 1.165) is 38.4 Å². The monoisotopic (exact) mass is 381 g/mol. The van der Waals surface area contributed by atoms with Crippen LogP contribution in [0.25, 0.3) is 0 Å². The number of piperazine rings is 1. The standard InChI is InChI=1S/C21H27N5O2/c1-16-5-4-8-22-20(16)14-25-9-11-26(12-10-25)15-21(28)24-19-7-3-6-18(13-19)23-17(2)27/h3-8,13H,9-12,14-15H2,1-2H3,(H,23,27)(H,24,28). The fourth-order valence-corrected chi connectivity index (χ4v) is 3.28. The molecule has 1 aliphatic rings. The van der Waals surface area contributed by atoms with Crippen LogP contribution in [0.3, 0.4) is 0 Å². The van der Waals surface area contributed by atoms with Crippen molar-refractivity contribution in [3.8, 4) is 0 Å². The molecule has 1 fully saturated rings. The van der Waals surface area contributed by atoms with Crippen molar-refractivity contribution in [2.24, 2.45) is 0 Å². The number of carbonyl (C=O) groups excluding carboxylic acids is 2. The molecule has 7 heteroatoms. The van der Waals surface area contributed by atoms with Gasteiger partial charge >= 0.3 is 0 Å². The van der Waals surface area contributed by atoms with Crippen molar-refractivity contribution in [3.63, 3.8) is 0 Å². The first-order valence-electron chi connectivity index (χ1n) is 9.52. The molecule has 2 N–H and O–H groups in total. The lowest BCUT2D eigenvalue weighted by molar-refractivity contribution is -0.117. The van der Waals surface area contributed by atoms with Crippen molar-refractivity contribution < 1.29 is 9.59 Å². The average molecular weight is 381 g/mol. The van der Waals surface area contributed by atoms with Crippen molar-refractivity contribution >= 4 is 23.2 Å². The molecule has 0 unspecified atom stereocenters. The Morgan fingerprint density at radius 1 is 1.00 bits per heavy atom. The highest BCUT2D eigenvalue weighted by Gasteiger charge is 2.19. The molecule has 1 saturated heterocycles. The lowest BCUT2D eigenvalue weighted by atomic mass is 10.2. The third-order valence-corrected chi connectivity index (χ3v) is 4.79. The van der Waals surface area contributed by atoms with E-state index in [4.69, 9.17) is 0 Å². The predicted molar refractivity (Wildman–Crippen MR) is 110 cm³/mol. The Balaban J connectivity index is 1.45. The summed E-state index contributed by atoms with van der Waals surface area (Å²) in [5, 5.41) is 5.62. The summed E-state index contributed by atoms with van der Waals surface area (Å²) in [6, 6.07) is 11.2. The topological polar surface area (TPSA) is 77.6 Å². The molecule has 7 nitrogen and oxygen atoms in total. The van der Waals surface area contributed by atoms with Crippen molar-refractivity contribution in [3.05, 3.63) is 53.9 Å². The molecule has 2 amide bonds. The highest BCUT2D eigenvalue weighted by Crippen LogP contribution is 2.15. The minimum atomic E-state index is -0.137. The molecule has 0 spiro atoms. The number of amides is 2. The van der Waals surface area contributed by atoms with E-state index in [0.29, 0.717) is 17.9 Å². The third-order valence-electron chi connectivity index (χ3n) is 4.79. The van der Waals surface area contributed by atoms with Crippen molar-refractivity contribution in [1.29, 1.82) is 0 Å². The van der Waals surface area contributed by atoms with E-state index in [1.165, 1.54) is 12.5 Å². The van der Waals surface area contributed by atoms with E-state index in [2.05, 4.69) is 38.4 Å². The zero-order valence-electron chi connectivity index (χ0n) is 16.4. The second kappa shape index (κ2) is 9.43. The van der Waals surface area contributed by atoms with Crippen LogP contribution in [0.4, 0.5) is 11.4 Å². The number of aryl methyl sites for hydroxylation is 1. The number of pyridine rings is 1. The van der Waals surface area contributed by atoms with Crippen LogP contribution in [0.1, 0.15) is 18.2 Å². The summed E-state index contributed by atoms with van der Waals surface area (Å²) in [7, 11) is 0. The van der Waals surface area contributed by atoms with Crippen LogP contribution < -0.4 is 10.6 Å². The van der Waals surface area contributed by atoms with Gasteiger partial charge in [0.05, 0.1) is 12.2 Å². The molecule has 28 heavy (non-hydrogen) atoms. The first-order chi connectivity index (χ1) is 13.5. The van der Waals surface area contributed by atoms with Crippen LogP contribution >= 0.6 is 0 Å². The molecular formula is C21H27N5O2. The Bertz CT molecular complexity index is 831. The van der Waals surface area contributed by atoms with Gasteiger partial charge in [0.1, 0.15) is 0 Å². The van der Waals surface area contributed by atoms with E-state index in [-0.39, 0.29) is 11.8 Å². The Kier molecular flexibility index (Phi) is 6.73. The Labute approximate surface area is 165 Å². The number of carbonyl (C=O) groups is 2. The maximum atomic E-state index is 12.4. The van der Waals surface area contributed by atoms with Gasteiger partial charge in [-0.1, -0.05) is 12.1 Å². The van der Waals surface area contributed by atoms with Crippen LogP contribution in [0.15, 0.2) is 42.6 Å². The number of benzene rings is 1. The predicted octanol–water partition coefficient (Wildman–Crippen LogP) is 2.10. The Hall–Kier alpha value is -2.77. The van der Waals surface area contributed by atoms with E-state index < -0.39 is 0 Å². The van der Waals surface area contributed by atoms with Crippen LogP contribution in [0.2, 0.25) is 0 Å². The normalized spacial score (nSPS) is 15.2. The summed E-state index contributed by atoms with van der Waals surface area (Å²) in [6.07, 6.45) is 1.84. The smallest absolute Gasteiger partial charge is 0.238 e. The molecule has 148 valence electrons. The van der Waals surface area contributed by atoms with Crippen LogP contribution in [-0.2, 0) is 16.1 Å². The van der Waals surface area contributed by atoms with Gasteiger partial charge in [0.2, 0.25) is 11.8 Å². The quantitative estimate of drug-likeness (QED) is 0.801. The highest BCUT2D eigenvalue weighted by molar-refractivity contribution is 5.94. The molecule has 1 aromatic carbocycles. The molecule has 0 bridgehead atoms. The van der Waals surface area contributed by atoms with Crippen molar-refractivity contribution in [2.45, 2.75) is 20.4 Å². The zero-order chi connectivity index (χ0) is 19.9. The van der Waals surface area contributed by atoms with Gasteiger partial charge in [-0.25, -0.2) is 0 Å². The SMILES string of the molecule is CC(=O)Nc1cccc(NC(=O)CN2CCN(Cc3ncccc3C)CC2)c1. The summed E-state index contributed by atoms with van der Waals surface area (Å²) < 4.78 is 0. The van der Waals surface area contributed by atoms with Gasteiger partial charge in [0.25, 0.3) is 0 Å². The van der Waals surface area contributed by atoms with Gasteiger partial charge in [0, 0.05) is 57.2 Å². The number of aromatic nitrogens is 1. The lowest BCUT2D eigenvalue weighted by Gasteiger charge is -2.34. The van der Waals surface area contributed by atoms with Crippen molar-refractivity contribution in [1.82, 2.24) is 14.8 Å². The Morgan fingerprint density at radius 3 is 2.36 bits per heavy atom. The fourth-order valence-electron chi connectivity index (χ4n) is 3.28. The van der Waals surface area contributed by atoms with Gasteiger partial charge in [-0.2, -0.15) is 0 Å². The zero-order valence-corrected chi connectivity index (χ0v) is 16.4. The van der Waals surface area contributed by atoms with E-state index >= 15 is 0 Å². The summed E-state index contributed by atoms with van der Waals surface area (Å²) in [5.74, 6) is -0.184.